The van der Waals surface area contributed by atoms with Crippen molar-refractivity contribution in [1.29, 1.82) is 0 Å². The standard InChI is InChI=1S/C25H20ClN3O2/c1-17-6-2-4-8-22(17)20-15-28-25(29-16-20)31-21-12-10-18(11-13-21)24(30)27-14-19-7-3-5-9-23(19)26/h2-13,15-16H,14H2,1H3,(H,27,30). The summed E-state index contributed by atoms with van der Waals surface area (Å²) in [6, 6.07) is 22.5. The van der Waals surface area contributed by atoms with E-state index in [0.717, 1.165) is 22.3 Å². The predicted octanol–water partition coefficient (Wildman–Crippen LogP) is 5.83. The first-order chi connectivity index (χ1) is 15.1. The van der Waals surface area contributed by atoms with E-state index in [1.165, 1.54) is 0 Å². The number of benzene rings is 3. The van der Waals surface area contributed by atoms with Crippen LogP contribution in [0, 0.1) is 6.92 Å². The van der Waals surface area contributed by atoms with Gasteiger partial charge in [0, 0.05) is 35.1 Å². The molecule has 4 rings (SSSR count). The van der Waals surface area contributed by atoms with Crippen molar-refractivity contribution in [2.24, 2.45) is 0 Å². The van der Waals surface area contributed by atoms with Gasteiger partial charge >= 0.3 is 6.01 Å². The zero-order valence-corrected chi connectivity index (χ0v) is 17.6. The van der Waals surface area contributed by atoms with Gasteiger partial charge in [-0.15, -0.1) is 0 Å². The second-order valence-corrected chi connectivity index (χ2v) is 7.38. The molecule has 0 fully saturated rings. The van der Waals surface area contributed by atoms with E-state index in [4.69, 9.17) is 16.3 Å². The minimum atomic E-state index is -0.190. The topological polar surface area (TPSA) is 64.1 Å². The molecule has 0 aliphatic rings. The minimum absolute atomic E-state index is 0.190. The van der Waals surface area contributed by atoms with E-state index in [1.54, 1.807) is 42.7 Å². The second kappa shape index (κ2) is 9.41. The van der Waals surface area contributed by atoms with Crippen molar-refractivity contribution in [1.82, 2.24) is 15.3 Å². The lowest BCUT2D eigenvalue weighted by Gasteiger charge is -2.09. The summed E-state index contributed by atoms with van der Waals surface area (Å²) in [5.74, 6) is 0.358. The summed E-state index contributed by atoms with van der Waals surface area (Å²) in [7, 11) is 0. The van der Waals surface area contributed by atoms with E-state index in [-0.39, 0.29) is 11.9 Å². The first kappa shape index (κ1) is 20.6. The van der Waals surface area contributed by atoms with Crippen molar-refractivity contribution in [3.8, 4) is 22.9 Å². The number of aryl methyl sites for hydroxylation is 1. The lowest BCUT2D eigenvalue weighted by atomic mass is 10.0. The molecule has 1 amide bonds. The Bertz CT molecular complexity index is 1190. The third-order valence-corrected chi connectivity index (χ3v) is 5.18. The van der Waals surface area contributed by atoms with Crippen LogP contribution in [0.3, 0.4) is 0 Å². The van der Waals surface area contributed by atoms with Gasteiger partial charge in [-0.25, -0.2) is 9.97 Å². The molecule has 0 radical (unpaired) electrons. The zero-order valence-electron chi connectivity index (χ0n) is 16.9. The number of aromatic nitrogens is 2. The molecule has 3 aromatic carbocycles. The first-order valence-corrected chi connectivity index (χ1v) is 10.2. The van der Waals surface area contributed by atoms with Crippen LogP contribution >= 0.6 is 11.6 Å². The van der Waals surface area contributed by atoms with Crippen molar-refractivity contribution in [2.75, 3.05) is 0 Å². The van der Waals surface area contributed by atoms with E-state index in [0.29, 0.717) is 22.9 Å². The first-order valence-electron chi connectivity index (χ1n) is 9.78. The Kier molecular flexibility index (Phi) is 6.24. The molecule has 0 aliphatic heterocycles. The smallest absolute Gasteiger partial charge is 0.321 e. The number of amides is 1. The van der Waals surface area contributed by atoms with Crippen LogP contribution in [-0.4, -0.2) is 15.9 Å². The van der Waals surface area contributed by atoms with Gasteiger partial charge in [-0.3, -0.25) is 4.79 Å². The van der Waals surface area contributed by atoms with E-state index in [9.17, 15) is 4.79 Å². The van der Waals surface area contributed by atoms with Crippen molar-refractivity contribution >= 4 is 17.5 Å². The third kappa shape index (κ3) is 5.08. The minimum Gasteiger partial charge on any atom is -0.424 e. The summed E-state index contributed by atoms with van der Waals surface area (Å²) < 4.78 is 5.71. The molecule has 0 unspecified atom stereocenters. The molecule has 1 heterocycles. The molecular weight excluding hydrogens is 410 g/mol. The van der Waals surface area contributed by atoms with E-state index in [2.05, 4.69) is 15.3 Å². The van der Waals surface area contributed by atoms with Crippen LogP contribution in [0.5, 0.6) is 11.8 Å². The maximum atomic E-state index is 12.4. The van der Waals surface area contributed by atoms with E-state index >= 15 is 0 Å². The molecule has 1 N–H and O–H groups in total. The van der Waals surface area contributed by atoms with Gasteiger partial charge in [0.2, 0.25) is 0 Å². The largest absolute Gasteiger partial charge is 0.424 e. The Hall–Kier alpha value is -3.70. The highest BCUT2D eigenvalue weighted by atomic mass is 35.5. The van der Waals surface area contributed by atoms with Crippen LogP contribution < -0.4 is 10.1 Å². The van der Waals surface area contributed by atoms with Gasteiger partial charge < -0.3 is 10.1 Å². The van der Waals surface area contributed by atoms with Gasteiger partial charge in [0.05, 0.1) is 0 Å². The van der Waals surface area contributed by atoms with Gasteiger partial charge in [-0.05, 0) is 53.9 Å². The number of ether oxygens (including phenoxy) is 1. The molecular formula is C25H20ClN3O2. The number of hydrogen-bond acceptors (Lipinski definition) is 4. The number of hydrogen-bond donors (Lipinski definition) is 1. The molecule has 0 bridgehead atoms. The maximum Gasteiger partial charge on any atom is 0.321 e. The van der Waals surface area contributed by atoms with Crippen LogP contribution in [-0.2, 0) is 6.54 Å². The fraction of sp³-hybridized carbons (Fsp3) is 0.0800. The molecule has 5 nitrogen and oxygen atoms in total. The highest BCUT2D eigenvalue weighted by molar-refractivity contribution is 6.31. The van der Waals surface area contributed by atoms with Gasteiger partial charge in [-0.1, -0.05) is 54.1 Å². The summed E-state index contributed by atoms with van der Waals surface area (Å²) in [5.41, 5.74) is 4.55. The fourth-order valence-electron chi connectivity index (χ4n) is 3.10. The monoisotopic (exact) mass is 429 g/mol. The average Bonchev–Trinajstić information content (AvgIpc) is 2.80. The van der Waals surface area contributed by atoms with Crippen LogP contribution in [0.25, 0.3) is 11.1 Å². The Morgan fingerprint density at radius 3 is 2.32 bits per heavy atom. The molecule has 0 atom stereocenters. The van der Waals surface area contributed by atoms with Crippen molar-refractivity contribution in [2.45, 2.75) is 13.5 Å². The van der Waals surface area contributed by atoms with Crippen molar-refractivity contribution in [3.63, 3.8) is 0 Å². The summed E-state index contributed by atoms with van der Waals surface area (Å²) in [5, 5.41) is 3.49. The Morgan fingerprint density at radius 1 is 0.935 bits per heavy atom. The molecule has 1 aromatic heterocycles. The van der Waals surface area contributed by atoms with Crippen LogP contribution in [0.4, 0.5) is 0 Å². The highest BCUT2D eigenvalue weighted by Crippen LogP contribution is 2.24. The summed E-state index contributed by atoms with van der Waals surface area (Å²) in [6.45, 7) is 2.41. The van der Waals surface area contributed by atoms with Crippen molar-refractivity contribution < 1.29 is 9.53 Å². The number of nitrogens with one attached hydrogen (secondary N) is 1. The van der Waals surface area contributed by atoms with Crippen LogP contribution in [0.1, 0.15) is 21.5 Å². The molecule has 6 heteroatoms. The average molecular weight is 430 g/mol. The van der Waals surface area contributed by atoms with Gasteiger partial charge in [0.15, 0.2) is 0 Å². The molecule has 0 spiro atoms. The molecule has 0 aliphatic carbocycles. The molecule has 154 valence electrons. The number of carbonyl (C=O) groups is 1. The summed E-state index contributed by atoms with van der Waals surface area (Å²) >= 11 is 6.12. The fourth-order valence-corrected chi connectivity index (χ4v) is 3.31. The van der Waals surface area contributed by atoms with Gasteiger partial charge in [0.1, 0.15) is 5.75 Å². The molecule has 0 saturated carbocycles. The Morgan fingerprint density at radius 2 is 1.61 bits per heavy atom. The Labute approximate surface area is 185 Å². The predicted molar refractivity (Wildman–Crippen MR) is 121 cm³/mol. The quantitative estimate of drug-likeness (QED) is 0.419. The van der Waals surface area contributed by atoms with Gasteiger partial charge in [-0.2, -0.15) is 0 Å². The van der Waals surface area contributed by atoms with Crippen LogP contribution in [0.2, 0.25) is 5.02 Å². The van der Waals surface area contributed by atoms with Crippen molar-refractivity contribution in [3.05, 3.63) is 107 Å². The van der Waals surface area contributed by atoms with Gasteiger partial charge in [0.25, 0.3) is 5.91 Å². The number of halogens is 1. The van der Waals surface area contributed by atoms with Crippen LogP contribution in [0.15, 0.2) is 85.2 Å². The molecule has 4 aromatic rings. The number of rotatable bonds is 6. The second-order valence-electron chi connectivity index (χ2n) is 6.97. The maximum absolute atomic E-state index is 12.4. The third-order valence-electron chi connectivity index (χ3n) is 4.81. The SMILES string of the molecule is Cc1ccccc1-c1cnc(Oc2ccc(C(=O)NCc3ccccc3Cl)cc2)nc1. The normalized spacial score (nSPS) is 10.5. The molecule has 0 saturated heterocycles. The number of carbonyl (C=O) groups excluding carboxylic acids is 1. The summed E-state index contributed by atoms with van der Waals surface area (Å²) in [4.78, 5) is 21.0. The molecule has 31 heavy (non-hydrogen) atoms. The Balaban J connectivity index is 1.37. The van der Waals surface area contributed by atoms with E-state index < -0.39 is 0 Å². The lowest BCUT2D eigenvalue weighted by molar-refractivity contribution is 0.0951. The number of nitrogens with zero attached hydrogens (tertiary/aromatic N) is 2. The van der Waals surface area contributed by atoms with E-state index in [1.807, 2.05) is 49.4 Å². The zero-order chi connectivity index (χ0) is 21.6. The summed E-state index contributed by atoms with van der Waals surface area (Å²) in [6.07, 6.45) is 3.47. The lowest BCUT2D eigenvalue weighted by Crippen LogP contribution is -2.22. The highest BCUT2D eigenvalue weighted by Gasteiger charge is 2.09.